The van der Waals surface area contributed by atoms with Gasteiger partial charge in [-0.15, -0.1) is 0 Å². The highest BCUT2D eigenvalue weighted by molar-refractivity contribution is 6.39. The van der Waals surface area contributed by atoms with Crippen molar-refractivity contribution in [3.8, 4) is 16.9 Å². The van der Waals surface area contributed by atoms with E-state index < -0.39 is 0 Å². The molecule has 0 saturated carbocycles. The minimum atomic E-state index is 0.00913. The predicted octanol–water partition coefficient (Wildman–Crippen LogP) is 5.04. The van der Waals surface area contributed by atoms with Crippen LogP contribution in [-0.2, 0) is 0 Å². The zero-order valence-electron chi connectivity index (χ0n) is 12.3. The van der Waals surface area contributed by atoms with Gasteiger partial charge in [-0.1, -0.05) is 60.5 Å². The van der Waals surface area contributed by atoms with E-state index in [1.54, 1.807) is 0 Å². The van der Waals surface area contributed by atoms with Crippen LogP contribution in [0.2, 0.25) is 10.0 Å². The van der Waals surface area contributed by atoms with Crippen LogP contribution in [0.3, 0.4) is 0 Å². The molecule has 0 unspecified atom stereocenters. The van der Waals surface area contributed by atoms with Crippen LogP contribution in [0.1, 0.15) is 12.5 Å². The molecule has 1 atom stereocenters. The van der Waals surface area contributed by atoms with E-state index >= 15 is 0 Å². The van der Waals surface area contributed by atoms with E-state index in [1.807, 2.05) is 36.4 Å². The number of likely N-dealkylation sites (N-methyl/N-ethyl adjacent to an activating group) is 1. The molecule has 2 nitrogen and oxygen atoms in total. The summed E-state index contributed by atoms with van der Waals surface area (Å²) < 4.78 is 6.16. The van der Waals surface area contributed by atoms with Crippen molar-refractivity contribution >= 4 is 29.3 Å². The molecule has 22 heavy (non-hydrogen) atoms. The van der Waals surface area contributed by atoms with Crippen molar-refractivity contribution in [3.63, 3.8) is 0 Å². The molecule has 3 rings (SSSR count). The standard InChI is InChI=1S/C18H17Cl2NO/c1-2-21-11-13-10-9-12-5-3-6-14(18(12)22-13)17-15(19)7-4-8-16(17)20/h3-10,13,21H,2,11H2,1H3/t13-/m1/s1. The van der Waals surface area contributed by atoms with E-state index in [1.165, 1.54) is 0 Å². The van der Waals surface area contributed by atoms with E-state index in [4.69, 9.17) is 27.9 Å². The van der Waals surface area contributed by atoms with Crippen LogP contribution in [0.5, 0.6) is 5.75 Å². The number of fused-ring (bicyclic) bond motifs is 1. The molecule has 2 aromatic carbocycles. The minimum absolute atomic E-state index is 0.00913. The molecule has 1 aliphatic rings. The van der Waals surface area contributed by atoms with Crippen molar-refractivity contribution in [1.82, 2.24) is 5.32 Å². The van der Waals surface area contributed by atoms with Gasteiger partial charge in [0.25, 0.3) is 0 Å². The molecule has 1 N–H and O–H groups in total. The van der Waals surface area contributed by atoms with Crippen LogP contribution in [0.25, 0.3) is 17.2 Å². The van der Waals surface area contributed by atoms with Crippen LogP contribution in [0.4, 0.5) is 0 Å². The van der Waals surface area contributed by atoms with Crippen molar-refractivity contribution in [1.29, 1.82) is 0 Å². The SMILES string of the molecule is CCNC[C@H]1C=Cc2cccc(-c3c(Cl)cccc3Cl)c2O1. The molecule has 0 fully saturated rings. The fourth-order valence-electron chi connectivity index (χ4n) is 2.57. The Labute approximate surface area is 140 Å². The lowest BCUT2D eigenvalue weighted by molar-refractivity contribution is 0.243. The molecule has 0 bridgehead atoms. The van der Waals surface area contributed by atoms with Crippen molar-refractivity contribution in [2.24, 2.45) is 0 Å². The van der Waals surface area contributed by atoms with Crippen LogP contribution < -0.4 is 10.1 Å². The smallest absolute Gasteiger partial charge is 0.135 e. The van der Waals surface area contributed by atoms with Crippen LogP contribution in [0, 0.1) is 0 Å². The Morgan fingerprint density at radius 1 is 1.09 bits per heavy atom. The fourth-order valence-corrected chi connectivity index (χ4v) is 3.17. The number of benzene rings is 2. The van der Waals surface area contributed by atoms with Gasteiger partial charge in [-0.25, -0.2) is 0 Å². The zero-order valence-corrected chi connectivity index (χ0v) is 13.8. The second-order valence-electron chi connectivity index (χ2n) is 5.14. The average molecular weight is 334 g/mol. The minimum Gasteiger partial charge on any atom is -0.484 e. The van der Waals surface area contributed by atoms with Gasteiger partial charge < -0.3 is 10.1 Å². The zero-order chi connectivity index (χ0) is 15.5. The van der Waals surface area contributed by atoms with Crippen LogP contribution in [0.15, 0.2) is 42.5 Å². The van der Waals surface area contributed by atoms with Crippen molar-refractivity contribution in [2.75, 3.05) is 13.1 Å². The first-order valence-electron chi connectivity index (χ1n) is 7.33. The summed E-state index contributed by atoms with van der Waals surface area (Å²) in [4.78, 5) is 0. The molecular formula is C18H17Cl2NO. The number of nitrogens with one attached hydrogen (secondary N) is 1. The van der Waals surface area contributed by atoms with E-state index in [-0.39, 0.29) is 6.10 Å². The number of para-hydroxylation sites is 1. The normalized spacial score (nSPS) is 16.2. The Morgan fingerprint density at radius 3 is 2.55 bits per heavy atom. The Bertz CT molecular complexity index is 692. The Hall–Kier alpha value is -1.48. The molecule has 0 amide bonds. The summed E-state index contributed by atoms with van der Waals surface area (Å²) in [7, 11) is 0. The van der Waals surface area contributed by atoms with Gasteiger partial charge >= 0.3 is 0 Å². The lowest BCUT2D eigenvalue weighted by Crippen LogP contribution is -2.31. The summed E-state index contributed by atoms with van der Waals surface area (Å²) in [6.45, 7) is 3.77. The monoisotopic (exact) mass is 333 g/mol. The maximum Gasteiger partial charge on any atom is 0.135 e. The van der Waals surface area contributed by atoms with Gasteiger partial charge in [-0.2, -0.15) is 0 Å². The number of ether oxygens (including phenoxy) is 1. The van der Waals surface area contributed by atoms with E-state index in [0.29, 0.717) is 10.0 Å². The number of rotatable bonds is 4. The molecule has 0 saturated heterocycles. The number of halogens is 2. The van der Waals surface area contributed by atoms with Crippen LogP contribution in [-0.4, -0.2) is 19.2 Å². The summed E-state index contributed by atoms with van der Waals surface area (Å²) in [5, 5.41) is 4.56. The first-order chi connectivity index (χ1) is 10.7. The van der Waals surface area contributed by atoms with Gasteiger partial charge in [-0.05, 0) is 24.8 Å². The van der Waals surface area contributed by atoms with Gasteiger partial charge in [0.2, 0.25) is 0 Å². The van der Waals surface area contributed by atoms with Gasteiger partial charge in [0.05, 0.1) is 10.0 Å². The molecule has 114 valence electrons. The van der Waals surface area contributed by atoms with Gasteiger partial charge in [-0.3, -0.25) is 0 Å². The highest BCUT2D eigenvalue weighted by atomic mass is 35.5. The van der Waals surface area contributed by atoms with Crippen LogP contribution >= 0.6 is 23.2 Å². The van der Waals surface area contributed by atoms with Crippen molar-refractivity contribution in [2.45, 2.75) is 13.0 Å². The third-order valence-corrected chi connectivity index (χ3v) is 4.26. The Balaban J connectivity index is 2.04. The summed E-state index contributed by atoms with van der Waals surface area (Å²) in [5.41, 5.74) is 2.79. The second kappa shape index (κ2) is 6.74. The molecule has 0 aromatic heterocycles. The molecule has 1 heterocycles. The lowest BCUT2D eigenvalue weighted by atomic mass is 9.99. The third-order valence-electron chi connectivity index (χ3n) is 3.63. The number of hydrogen-bond donors (Lipinski definition) is 1. The molecule has 2 aromatic rings. The van der Waals surface area contributed by atoms with Gasteiger partial charge in [0.15, 0.2) is 0 Å². The largest absolute Gasteiger partial charge is 0.484 e. The summed E-state index contributed by atoms with van der Waals surface area (Å²) in [6, 6.07) is 11.6. The first kappa shape index (κ1) is 15.4. The Kier molecular flexibility index (Phi) is 4.72. The highest BCUT2D eigenvalue weighted by Gasteiger charge is 2.20. The summed E-state index contributed by atoms with van der Waals surface area (Å²) in [6.07, 6.45) is 4.17. The lowest BCUT2D eigenvalue weighted by Gasteiger charge is -2.24. The van der Waals surface area contributed by atoms with Crippen molar-refractivity contribution in [3.05, 3.63) is 58.1 Å². The van der Waals surface area contributed by atoms with Gasteiger partial charge in [0.1, 0.15) is 11.9 Å². The quantitative estimate of drug-likeness (QED) is 0.845. The highest BCUT2D eigenvalue weighted by Crippen LogP contribution is 2.42. The average Bonchev–Trinajstić information content (AvgIpc) is 2.53. The summed E-state index contributed by atoms with van der Waals surface area (Å²) in [5.74, 6) is 0.836. The molecule has 0 radical (unpaired) electrons. The third kappa shape index (κ3) is 3.00. The summed E-state index contributed by atoms with van der Waals surface area (Å²) >= 11 is 12.7. The molecule has 1 aliphatic heterocycles. The fraction of sp³-hybridized carbons (Fsp3) is 0.222. The molecule has 0 spiro atoms. The molecule has 4 heteroatoms. The molecular weight excluding hydrogens is 317 g/mol. The second-order valence-corrected chi connectivity index (χ2v) is 5.96. The van der Waals surface area contributed by atoms with E-state index in [9.17, 15) is 0 Å². The molecule has 0 aliphatic carbocycles. The predicted molar refractivity (Wildman–Crippen MR) is 93.9 cm³/mol. The maximum absolute atomic E-state index is 6.36. The Morgan fingerprint density at radius 2 is 1.82 bits per heavy atom. The maximum atomic E-state index is 6.36. The van der Waals surface area contributed by atoms with E-state index in [0.717, 1.165) is 35.5 Å². The van der Waals surface area contributed by atoms with Gasteiger partial charge in [0, 0.05) is 23.2 Å². The van der Waals surface area contributed by atoms with E-state index in [2.05, 4.69) is 24.4 Å². The van der Waals surface area contributed by atoms with Crippen molar-refractivity contribution < 1.29 is 4.74 Å². The topological polar surface area (TPSA) is 21.3 Å². The number of hydrogen-bond acceptors (Lipinski definition) is 2. The first-order valence-corrected chi connectivity index (χ1v) is 8.09.